The smallest absolute Gasteiger partial charge is 0.321 e. The van der Waals surface area contributed by atoms with Crippen LogP contribution < -0.4 is 10.6 Å². The summed E-state index contributed by atoms with van der Waals surface area (Å²) in [6.07, 6.45) is 1.36. The highest BCUT2D eigenvalue weighted by molar-refractivity contribution is 6.02. The third kappa shape index (κ3) is 3.82. The Labute approximate surface area is 86.6 Å². The summed E-state index contributed by atoms with van der Waals surface area (Å²) < 4.78 is 9.53. The van der Waals surface area contributed by atoms with Crippen LogP contribution in [-0.4, -0.2) is 32.2 Å². The van der Waals surface area contributed by atoms with Crippen molar-refractivity contribution in [2.45, 2.75) is 0 Å². The summed E-state index contributed by atoms with van der Waals surface area (Å²) in [6.45, 7) is 0.732. The van der Waals surface area contributed by atoms with E-state index in [4.69, 9.17) is 9.15 Å². The van der Waals surface area contributed by atoms with Crippen LogP contribution in [0.1, 0.15) is 10.6 Å². The van der Waals surface area contributed by atoms with Gasteiger partial charge in [-0.3, -0.25) is 10.1 Å². The van der Waals surface area contributed by atoms with Crippen molar-refractivity contribution in [3.63, 3.8) is 0 Å². The Balaban J connectivity index is 2.29. The number of urea groups is 1. The molecule has 0 fully saturated rings. The van der Waals surface area contributed by atoms with Crippen LogP contribution in [0, 0.1) is 0 Å². The van der Waals surface area contributed by atoms with E-state index in [0.29, 0.717) is 13.2 Å². The monoisotopic (exact) mass is 212 g/mol. The predicted octanol–water partition coefficient (Wildman–Crippen LogP) is 0.365. The van der Waals surface area contributed by atoms with Crippen LogP contribution >= 0.6 is 0 Å². The largest absolute Gasteiger partial charge is 0.459 e. The lowest BCUT2D eigenvalue weighted by atomic mass is 10.4. The first kappa shape index (κ1) is 11.3. The lowest BCUT2D eigenvalue weighted by Gasteiger charge is -2.04. The molecule has 2 N–H and O–H groups in total. The van der Waals surface area contributed by atoms with E-state index in [1.165, 1.54) is 19.4 Å². The van der Waals surface area contributed by atoms with E-state index in [-0.39, 0.29) is 5.76 Å². The second-order valence-corrected chi connectivity index (χ2v) is 2.68. The van der Waals surface area contributed by atoms with Gasteiger partial charge in [0.25, 0.3) is 5.91 Å². The maximum absolute atomic E-state index is 11.3. The molecule has 6 heteroatoms. The van der Waals surface area contributed by atoms with Crippen molar-refractivity contribution in [3.05, 3.63) is 24.2 Å². The van der Waals surface area contributed by atoms with Gasteiger partial charge in [-0.25, -0.2) is 4.79 Å². The molecule has 0 bridgehead atoms. The van der Waals surface area contributed by atoms with Crippen LogP contribution in [0.3, 0.4) is 0 Å². The van der Waals surface area contributed by atoms with Gasteiger partial charge in [0, 0.05) is 13.7 Å². The Morgan fingerprint density at radius 2 is 2.33 bits per heavy atom. The number of hydrogen-bond donors (Lipinski definition) is 2. The van der Waals surface area contributed by atoms with Gasteiger partial charge in [-0.05, 0) is 12.1 Å². The molecule has 1 aromatic heterocycles. The molecule has 0 aliphatic heterocycles. The van der Waals surface area contributed by atoms with Crippen molar-refractivity contribution in [1.82, 2.24) is 10.6 Å². The van der Waals surface area contributed by atoms with E-state index in [0.717, 1.165) is 0 Å². The molecule has 0 saturated carbocycles. The third-order valence-electron chi connectivity index (χ3n) is 1.56. The number of furan rings is 1. The quantitative estimate of drug-likeness (QED) is 0.706. The van der Waals surface area contributed by atoms with Gasteiger partial charge >= 0.3 is 6.03 Å². The van der Waals surface area contributed by atoms with Gasteiger partial charge in [0.15, 0.2) is 5.76 Å². The Bertz CT molecular complexity index is 321. The molecule has 1 rings (SSSR count). The van der Waals surface area contributed by atoms with Crippen molar-refractivity contribution in [1.29, 1.82) is 0 Å². The van der Waals surface area contributed by atoms with Crippen LogP contribution in [-0.2, 0) is 4.74 Å². The second-order valence-electron chi connectivity index (χ2n) is 2.68. The summed E-state index contributed by atoms with van der Waals surface area (Å²) in [5.74, 6) is -0.480. The average molecular weight is 212 g/mol. The Morgan fingerprint density at radius 1 is 1.53 bits per heavy atom. The number of methoxy groups -OCH3 is 1. The number of imide groups is 1. The molecular formula is C9H12N2O4. The maximum atomic E-state index is 11.3. The van der Waals surface area contributed by atoms with Gasteiger partial charge in [-0.15, -0.1) is 0 Å². The normalized spacial score (nSPS) is 9.67. The Hall–Kier alpha value is -1.82. The van der Waals surface area contributed by atoms with Crippen molar-refractivity contribution >= 4 is 11.9 Å². The number of amides is 3. The lowest BCUT2D eigenvalue weighted by Crippen LogP contribution is -2.40. The molecule has 0 aliphatic rings. The molecule has 0 aromatic carbocycles. The first-order chi connectivity index (χ1) is 7.24. The first-order valence-electron chi connectivity index (χ1n) is 4.35. The van der Waals surface area contributed by atoms with Crippen LogP contribution in [0.25, 0.3) is 0 Å². The summed E-state index contributed by atoms with van der Waals surface area (Å²) in [4.78, 5) is 22.3. The van der Waals surface area contributed by atoms with E-state index in [1.807, 2.05) is 0 Å². The van der Waals surface area contributed by atoms with Crippen LogP contribution in [0.2, 0.25) is 0 Å². The van der Waals surface area contributed by atoms with E-state index in [2.05, 4.69) is 10.6 Å². The minimum atomic E-state index is -0.576. The molecule has 3 amide bonds. The number of nitrogens with one attached hydrogen (secondary N) is 2. The molecule has 6 nitrogen and oxygen atoms in total. The van der Waals surface area contributed by atoms with Crippen molar-refractivity contribution < 1.29 is 18.7 Å². The average Bonchev–Trinajstić information content (AvgIpc) is 2.70. The fourth-order valence-electron chi connectivity index (χ4n) is 0.883. The van der Waals surface area contributed by atoms with E-state index in [1.54, 1.807) is 6.07 Å². The fourth-order valence-corrected chi connectivity index (χ4v) is 0.883. The third-order valence-corrected chi connectivity index (χ3v) is 1.56. The Kier molecular flexibility index (Phi) is 4.36. The van der Waals surface area contributed by atoms with Crippen LogP contribution in [0.15, 0.2) is 22.8 Å². The summed E-state index contributed by atoms with van der Waals surface area (Å²) in [6, 6.07) is 2.46. The molecule has 0 atom stereocenters. The number of hydrogen-bond acceptors (Lipinski definition) is 4. The minimum absolute atomic E-state index is 0.0943. The summed E-state index contributed by atoms with van der Waals surface area (Å²) >= 11 is 0. The van der Waals surface area contributed by atoms with Gasteiger partial charge in [0.2, 0.25) is 0 Å². The van der Waals surface area contributed by atoms with E-state index < -0.39 is 11.9 Å². The zero-order valence-electron chi connectivity index (χ0n) is 8.28. The molecular weight excluding hydrogens is 200 g/mol. The molecule has 0 radical (unpaired) electrons. The molecule has 1 aromatic rings. The van der Waals surface area contributed by atoms with E-state index >= 15 is 0 Å². The highest BCUT2D eigenvalue weighted by Gasteiger charge is 2.11. The van der Waals surface area contributed by atoms with Gasteiger partial charge in [-0.2, -0.15) is 0 Å². The highest BCUT2D eigenvalue weighted by atomic mass is 16.5. The molecule has 0 saturated heterocycles. The lowest BCUT2D eigenvalue weighted by molar-refractivity contribution is 0.0936. The summed E-state index contributed by atoms with van der Waals surface area (Å²) in [5, 5.41) is 4.54. The predicted molar refractivity (Wildman–Crippen MR) is 51.4 cm³/mol. The van der Waals surface area contributed by atoms with Gasteiger partial charge in [0.05, 0.1) is 12.9 Å². The number of ether oxygens (including phenoxy) is 1. The molecule has 0 unspecified atom stereocenters. The summed E-state index contributed by atoms with van der Waals surface area (Å²) in [5.41, 5.74) is 0. The van der Waals surface area contributed by atoms with Gasteiger partial charge < -0.3 is 14.5 Å². The zero-order chi connectivity index (χ0) is 11.1. The van der Waals surface area contributed by atoms with Crippen LogP contribution in [0.5, 0.6) is 0 Å². The van der Waals surface area contributed by atoms with Crippen molar-refractivity contribution in [2.24, 2.45) is 0 Å². The number of carbonyl (C=O) groups excluding carboxylic acids is 2. The topological polar surface area (TPSA) is 80.6 Å². The highest BCUT2D eigenvalue weighted by Crippen LogP contribution is 1.98. The maximum Gasteiger partial charge on any atom is 0.321 e. The minimum Gasteiger partial charge on any atom is -0.459 e. The summed E-state index contributed by atoms with van der Waals surface area (Å²) in [7, 11) is 1.52. The first-order valence-corrected chi connectivity index (χ1v) is 4.35. The SMILES string of the molecule is COCCNC(=O)NC(=O)c1ccco1. The Morgan fingerprint density at radius 3 is 2.93 bits per heavy atom. The van der Waals surface area contributed by atoms with Crippen molar-refractivity contribution in [3.8, 4) is 0 Å². The number of rotatable bonds is 4. The van der Waals surface area contributed by atoms with Gasteiger partial charge in [-0.1, -0.05) is 0 Å². The number of carbonyl (C=O) groups is 2. The zero-order valence-corrected chi connectivity index (χ0v) is 8.28. The molecule has 0 spiro atoms. The van der Waals surface area contributed by atoms with Crippen LogP contribution in [0.4, 0.5) is 4.79 Å². The van der Waals surface area contributed by atoms with Gasteiger partial charge in [0.1, 0.15) is 0 Å². The fraction of sp³-hybridized carbons (Fsp3) is 0.333. The second kappa shape index (κ2) is 5.82. The molecule has 0 aliphatic carbocycles. The molecule has 1 heterocycles. The van der Waals surface area contributed by atoms with Crippen molar-refractivity contribution in [2.75, 3.05) is 20.3 Å². The molecule has 15 heavy (non-hydrogen) atoms. The standard InChI is InChI=1S/C9H12N2O4/c1-14-6-4-10-9(13)11-8(12)7-3-2-5-15-7/h2-3,5H,4,6H2,1H3,(H2,10,11,12,13). The molecule has 82 valence electrons. The van der Waals surface area contributed by atoms with E-state index in [9.17, 15) is 9.59 Å².